The van der Waals surface area contributed by atoms with Crippen molar-refractivity contribution < 1.29 is 61.9 Å². The Morgan fingerprint density at radius 2 is 1.43 bits per heavy atom. The van der Waals surface area contributed by atoms with E-state index in [2.05, 4.69) is 10.1 Å². The van der Waals surface area contributed by atoms with Crippen LogP contribution in [0.3, 0.4) is 0 Å². The lowest BCUT2D eigenvalue weighted by atomic mass is 9.98. The fraction of sp³-hybridized carbons (Fsp3) is 0.808. The van der Waals surface area contributed by atoms with E-state index < -0.39 is 72.9 Å². The highest BCUT2D eigenvalue weighted by Gasteiger charge is 2.51. The average molecular weight is 578 g/mol. The van der Waals surface area contributed by atoms with Gasteiger partial charge in [0.05, 0.1) is 7.11 Å². The fourth-order valence-corrected chi connectivity index (χ4v) is 3.69. The SMILES string of the molecule is COC(=O)CO[C@H]1[C@@H](OC(C)=O)[C@@H](COC(C)=O)O[C@@H](OCCCCCCNC(=O)OC(C)(C)C)[C@@H]1OC(C)=O. The highest BCUT2D eigenvalue weighted by atomic mass is 16.7. The summed E-state index contributed by atoms with van der Waals surface area (Å²) >= 11 is 0. The highest BCUT2D eigenvalue weighted by Crippen LogP contribution is 2.30. The summed E-state index contributed by atoms with van der Waals surface area (Å²) in [5.41, 5.74) is -0.564. The second-order valence-corrected chi connectivity index (χ2v) is 10.1. The predicted molar refractivity (Wildman–Crippen MR) is 137 cm³/mol. The largest absolute Gasteiger partial charge is 0.467 e. The molecule has 40 heavy (non-hydrogen) atoms. The summed E-state index contributed by atoms with van der Waals surface area (Å²) in [6.45, 7) is 8.70. The Morgan fingerprint density at radius 3 is 2.00 bits per heavy atom. The molecule has 0 aromatic rings. The third kappa shape index (κ3) is 14.4. The van der Waals surface area contributed by atoms with Crippen molar-refractivity contribution in [2.75, 3.05) is 33.5 Å². The van der Waals surface area contributed by atoms with E-state index >= 15 is 0 Å². The molecule has 0 unspecified atom stereocenters. The van der Waals surface area contributed by atoms with Gasteiger partial charge in [-0.05, 0) is 33.6 Å². The number of rotatable bonds is 15. The number of hydrogen-bond donors (Lipinski definition) is 1. The summed E-state index contributed by atoms with van der Waals surface area (Å²) in [7, 11) is 1.17. The van der Waals surface area contributed by atoms with Gasteiger partial charge in [0.25, 0.3) is 0 Å². The zero-order chi connectivity index (χ0) is 30.3. The van der Waals surface area contributed by atoms with Crippen molar-refractivity contribution >= 4 is 30.0 Å². The Hall–Kier alpha value is -2.97. The van der Waals surface area contributed by atoms with Gasteiger partial charge in [0.1, 0.15) is 31.0 Å². The summed E-state index contributed by atoms with van der Waals surface area (Å²) in [5, 5.41) is 2.70. The molecule has 1 heterocycles. The molecule has 14 nitrogen and oxygen atoms in total. The van der Waals surface area contributed by atoms with Crippen molar-refractivity contribution in [3.8, 4) is 0 Å². The van der Waals surface area contributed by atoms with Crippen molar-refractivity contribution in [1.82, 2.24) is 5.32 Å². The molecule has 230 valence electrons. The Bertz CT molecular complexity index is 841. The minimum absolute atomic E-state index is 0.199. The van der Waals surface area contributed by atoms with E-state index in [9.17, 15) is 24.0 Å². The molecule has 0 aromatic carbocycles. The van der Waals surface area contributed by atoms with Crippen LogP contribution in [0, 0.1) is 0 Å². The van der Waals surface area contributed by atoms with Gasteiger partial charge in [-0.15, -0.1) is 0 Å². The second kappa shape index (κ2) is 17.7. The molecule has 1 saturated heterocycles. The zero-order valence-electron chi connectivity index (χ0n) is 24.4. The number of esters is 4. The van der Waals surface area contributed by atoms with E-state index in [4.69, 9.17) is 33.2 Å². The van der Waals surface area contributed by atoms with Crippen LogP contribution in [-0.4, -0.2) is 99.8 Å². The number of nitrogens with one attached hydrogen (secondary N) is 1. The summed E-state index contributed by atoms with van der Waals surface area (Å²) in [6.07, 6.45) is -3.45. The van der Waals surface area contributed by atoms with Crippen LogP contribution >= 0.6 is 0 Å². The Kier molecular flexibility index (Phi) is 15.5. The molecule has 1 aliphatic rings. The number of carbonyl (C=O) groups excluding carboxylic acids is 5. The van der Waals surface area contributed by atoms with Crippen molar-refractivity contribution in [1.29, 1.82) is 0 Å². The number of hydrogen-bond acceptors (Lipinski definition) is 13. The molecule has 0 bridgehead atoms. The van der Waals surface area contributed by atoms with Crippen LogP contribution in [-0.2, 0) is 57.1 Å². The third-order valence-corrected chi connectivity index (χ3v) is 5.29. The van der Waals surface area contributed by atoms with Crippen LogP contribution in [0.1, 0.15) is 67.2 Å². The van der Waals surface area contributed by atoms with Crippen LogP contribution in [0.15, 0.2) is 0 Å². The molecule has 5 atom stereocenters. The van der Waals surface area contributed by atoms with Crippen molar-refractivity contribution in [2.24, 2.45) is 0 Å². The maximum atomic E-state index is 11.9. The number of unbranched alkanes of at least 4 members (excludes halogenated alkanes) is 3. The Balaban J connectivity index is 2.84. The van der Waals surface area contributed by atoms with Crippen LogP contribution in [0.25, 0.3) is 0 Å². The smallest absolute Gasteiger partial charge is 0.407 e. The monoisotopic (exact) mass is 577 g/mol. The van der Waals surface area contributed by atoms with Gasteiger partial charge in [-0.1, -0.05) is 12.8 Å². The molecule has 14 heteroatoms. The molecule has 0 saturated carbocycles. The van der Waals surface area contributed by atoms with Crippen LogP contribution in [0.5, 0.6) is 0 Å². The van der Waals surface area contributed by atoms with Gasteiger partial charge < -0.3 is 43.2 Å². The van der Waals surface area contributed by atoms with Gasteiger partial charge in [-0.2, -0.15) is 0 Å². The highest BCUT2D eigenvalue weighted by molar-refractivity contribution is 5.70. The number of ether oxygens (including phenoxy) is 8. The van der Waals surface area contributed by atoms with Crippen molar-refractivity contribution in [3.05, 3.63) is 0 Å². The fourth-order valence-electron chi connectivity index (χ4n) is 3.69. The Morgan fingerprint density at radius 1 is 0.800 bits per heavy atom. The van der Waals surface area contributed by atoms with Crippen LogP contribution < -0.4 is 5.32 Å². The molecule has 0 aromatic heterocycles. The van der Waals surface area contributed by atoms with E-state index in [-0.39, 0.29) is 13.2 Å². The van der Waals surface area contributed by atoms with E-state index in [0.717, 1.165) is 26.2 Å². The summed E-state index contributed by atoms with van der Waals surface area (Å²) < 4.78 is 43.2. The molecule has 0 radical (unpaired) electrons. The lowest BCUT2D eigenvalue weighted by Gasteiger charge is -2.44. The maximum Gasteiger partial charge on any atom is 0.407 e. The van der Waals surface area contributed by atoms with E-state index in [1.165, 1.54) is 21.0 Å². The molecule has 1 aliphatic heterocycles. The molecular weight excluding hydrogens is 534 g/mol. The third-order valence-electron chi connectivity index (χ3n) is 5.29. The van der Waals surface area contributed by atoms with Gasteiger partial charge in [0, 0.05) is 33.9 Å². The normalized spacial score (nSPS) is 22.5. The minimum Gasteiger partial charge on any atom is -0.467 e. The first-order valence-electron chi connectivity index (χ1n) is 13.1. The van der Waals surface area contributed by atoms with Crippen molar-refractivity contribution in [2.45, 2.75) is 104 Å². The first kappa shape index (κ1) is 35.1. The molecule has 0 spiro atoms. The van der Waals surface area contributed by atoms with Gasteiger partial charge in [0.2, 0.25) is 0 Å². The topological polar surface area (TPSA) is 171 Å². The second-order valence-electron chi connectivity index (χ2n) is 10.1. The van der Waals surface area contributed by atoms with Gasteiger partial charge >= 0.3 is 30.0 Å². The van der Waals surface area contributed by atoms with Crippen molar-refractivity contribution in [3.63, 3.8) is 0 Å². The van der Waals surface area contributed by atoms with E-state index in [1.807, 2.05) is 0 Å². The van der Waals surface area contributed by atoms with E-state index in [1.54, 1.807) is 20.8 Å². The van der Waals surface area contributed by atoms with Crippen LogP contribution in [0.4, 0.5) is 4.79 Å². The quantitative estimate of drug-likeness (QED) is 0.170. The molecular formula is C26H43NO13. The predicted octanol–water partition coefficient (Wildman–Crippen LogP) is 1.80. The van der Waals surface area contributed by atoms with E-state index in [0.29, 0.717) is 13.0 Å². The summed E-state index contributed by atoms with van der Waals surface area (Å²) in [5.74, 6) is -2.70. The lowest BCUT2D eigenvalue weighted by molar-refractivity contribution is -0.312. The number of alkyl carbamates (subject to hydrolysis) is 1. The molecule has 1 fully saturated rings. The zero-order valence-corrected chi connectivity index (χ0v) is 24.4. The first-order chi connectivity index (χ1) is 18.7. The van der Waals surface area contributed by atoms with Gasteiger partial charge in [-0.3, -0.25) is 14.4 Å². The number of amides is 1. The summed E-state index contributed by atoms with van der Waals surface area (Å²) in [4.78, 5) is 58.7. The maximum absolute atomic E-state index is 11.9. The standard InChI is InChI=1S/C26H43NO13/c1-16(28)35-14-19-21(37-17(2)29)22(36-15-20(31)33-7)23(38-18(3)30)24(39-19)34-13-11-9-8-10-12-27-25(32)40-26(4,5)6/h19,21-24H,8-15H2,1-7H3,(H,27,32)/t19-,21+,22+,23-,24-/m1/s1. The van der Waals surface area contributed by atoms with Gasteiger partial charge in [-0.25, -0.2) is 9.59 Å². The Labute approximate surface area is 234 Å². The minimum atomic E-state index is -1.22. The molecule has 1 N–H and O–H groups in total. The lowest BCUT2D eigenvalue weighted by Crippen LogP contribution is -2.62. The molecule has 1 amide bonds. The first-order valence-corrected chi connectivity index (χ1v) is 13.1. The number of methoxy groups -OCH3 is 1. The molecule has 0 aliphatic carbocycles. The molecule has 1 rings (SSSR count). The average Bonchev–Trinajstić information content (AvgIpc) is 2.83. The van der Waals surface area contributed by atoms with Crippen LogP contribution in [0.2, 0.25) is 0 Å². The number of carbonyl (C=O) groups is 5. The summed E-state index contributed by atoms with van der Waals surface area (Å²) in [6, 6.07) is 0. The van der Waals surface area contributed by atoms with Gasteiger partial charge in [0.15, 0.2) is 18.5 Å².